The molecule has 0 bridgehead atoms. The molecule has 82 valence electrons. The van der Waals surface area contributed by atoms with E-state index in [4.69, 9.17) is 0 Å². The van der Waals surface area contributed by atoms with E-state index in [0.29, 0.717) is 5.41 Å². The smallest absolute Gasteiger partial charge is 0.0847 e. The largest absolute Gasteiger partial charge is 0.264 e. The lowest BCUT2D eigenvalue weighted by atomic mass is 9.50. The fraction of sp³-hybridized carbons (Fsp3) is 0.571. The zero-order valence-electron chi connectivity index (χ0n) is 9.45. The molecule has 3 rings (SSSR count). The van der Waals surface area contributed by atoms with Crippen molar-refractivity contribution in [1.29, 1.82) is 5.26 Å². The van der Waals surface area contributed by atoms with E-state index in [9.17, 15) is 5.26 Å². The Bertz CT molecular complexity index is 416. The molecule has 0 N–H and O–H groups in total. The van der Waals surface area contributed by atoms with Crippen LogP contribution in [-0.4, -0.2) is 4.98 Å². The van der Waals surface area contributed by atoms with Gasteiger partial charge in [0, 0.05) is 12.4 Å². The SMILES string of the molecule is N#CC1(c2cccnc2)CC2(CCCC2)C1. The van der Waals surface area contributed by atoms with Crippen molar-refractivity contribution in [3.05, 3.63) is 30.1 Å². The minimum atomic E-state index is -0.224. The first-order valence-corrected chi connectivity index (χ1v) is 6.11. The topological polar surface area (TPSA) is 36.7 Å². The summed E-state index contributed by atoms with van der Waals surface area (Å²) in [5, 5.41) is 9.46. The standard InChI is InChI=1S/C14H16N2/c15-11-14(12-4-3-7-16-8-12)9-13(10-14)5-1-2-6-13/h3-4,7-8H,1-2,5-6,9-10H2. The minimum absolute atomic E-state index is 0.224. The molecular formula is C14H16N2. The first-order valence-electron chi connectivity index (χ1n) is 6.11. The van der Waals surface area contributed by atoms with Gasteiger partial charge in [0.2, 0.25) is 0 Å². The lowest BCUT2D eigenvalue weighted by molar-refractivity contribution is 0.0646. The van der Waals surface area contributed by atoms with E-state index in [2.05, 4.69) is 17.1 Å². The highest BCUT2D eigenvalue weighted by Crippen LogP contribution is 2.62. The molecule has 0 radical (unpaired) electrons. The molecule has 1 heterocycles. The second-order valence-corrected chi connectivity index (χ2v) is 5.50. The van der Waals surface area contributed by atoms with Gasteiger partial charge < -0.3 is 0 Å². The predicted octanol–water partition coefficient (Wildman–Crippen LogP) is 3.20. The lowest BCUT2D eigenvalue weighted by Gasteiger charge is -2.51. The molecule has 1 spiro atoms. The Morgan fingerprint density at radius 3 is 2.56 bits per heavy atom. The average Bonchev–Trinajstić information content (AvgIpc) is 2.76. The van der Waals surface area contributed by atoms with Crippen LogP contribution < -0.4 is 0 Å². The van der Waals surface area contributed by atoms with Crippen LogP contribution in [0.15, 0.2) is 24.5 Å². The normalized spacial score (nSPS) is 24.9. The summed E-state index contributed by atoms with van der Waals surface area (Å²) in [6, 6.07) is 6.53. The fourth-order valence-electron chi connectivity index (χ4n) is 3.70. The number of aromatic nitrogens is 1. The molecule has 0 saturated heterocycles. The van der Waals surface area contributed by atoms with Crippen molar-refractivity contribution in [2.24, 2.45) is 5.41 Å². The second kappa shape index (κ2) is 3.31. The second-order valence-electron chi connectivity index (χ2n) is 5.50. The third-order valence-corrected chi connectivity index (χ3v) is 4.45. The number of hydrogen-bond donors (Lipinski definition) is 0. The molecule has 0 atom stereocenters. The summed E-state index contributed by atoms with van der Waals surface area (Å²) in [5.74, 6) is 0. The Morgan fingerprint density at radius 2 is 2.00 bits per heavy atom. The molecule has 0 aliphatic heterocycles. The number of pyridine rings is 1. The highest BCUT2D eigenvalue weighted by Gasteiger charge is 2.56. The van der Waals surface area contributed by atoms with Gasteiger partial charge in [0.05, 0.1) is 11.5 Å². The predicted molar refractivity (Wildman–Crippen MR) is 61.7 cm³/mol. The maximum atomic E-state index is 9.46. The monoisotopic (exact) mass is 212 g/mol. The van der Waals surface area contributed by atoms with Crippen molar-refractivity contribution >= 4 is 0 Å². The summed E-state index contributed by atoms with van der Waals surface area (Å²) < 4.78 is 0. The highest BCUT2D eigenvalue weighted by atomic mass is 14.7. The Labute approximate surface area is 96.3 Å². The van der Waals surface area contributed by atoms with Gasteiger partial charge in [-0.15, -0.1) is 0 Å². The zero-order chi connectivity index (χ0) is 11.1. The molecule has 2 fully saturated rings. The Hall–Kier alpha value is -1.36. The molecule has 1 aromatic rings. The fourth-order valence-corrected chi connectivity index (χ4v) is 3.70. The molecule has 2 nitrogen and oxygen atoms in total. The van der Waals surface area contributed by atoms with E-state index in [1.54, 1.807) is 6.20 Å². The molecule has 2 heteroatoms. The minimum Gasteiger partial charge on any atom is -0.264 e. The van der Waals surface area contributed by atoms with Crippen LogP contribution in [0.4, 0.5) is 0 Å². The quantitative estimate of drug-likeness (QED) is 0.716. The first kappa shape index (κ1) is 9.84. The molecule has 0 unspecified atom stereocenters. The Kier molecular flexibility index (Phi) is 2.04. The van der Waals surface area contributed by atoms with Crippen LogP contribution in [0.3, 0.4) is 0 Å². The van der Waals surface area contributed by atoms with Crippen molar-refractivity contribution < 1.29 is 0 Å². The van der Waals surface area contributed by atoms with Gasteiger partial charge in [-0.05, 0) is 42.7 Å². The molecule has 2 saturated carbocycles. The summed E-state index contributed by atoms with van der Waals surface area (Å²) in [6.07, 6.45) is 11.1. The van der Waals surface area contributed by atoms with E-state index in [0.717, 1.165) is 18.4 Å². The van der Waals surface area contributed by atoms with Crippen molar-refractivity contribution in [1.82, 2.24) is 4.98 Å². The van der Waals surface area contributed by atoms with Crippen LogP contribution in [0, 0.1) is 16.7 Å². The van der Waals surface area contributed by atoms with E-state index in [1.807, 2.05) is 12.3 Å². The van der Waals surface area contributed by atoms with Crippen LogP contribution >= 0.6 is 0 Å². The van der Waals surface area contributed by atoms with Crippen molar-refractivity contribution in [3.8, 4) is 6.07 Å². The van der Waals surface area contributed by atoms with Gasteiger partial charge in [0.15, 0.2) is 0 Å². The van der Waals surface area contributed by atoms with Gasteiger partial charge in [-0.2, -0.15) is 5.26 Å². The third kappa shape index (κ3) is 1.28. The number of nitrogens with zero attached hydrogens (tertiary/aromatic N) is 2. The molecule has 2 aliphatic carbocycles. The summed E-state index contributed by atoms with van der Waals surface area (Å²) in [7, 11) is 0. The summed E-state index contributed by atoms with van der Waals surface area (Å²) >= 11 is 0. The summed E-state index contributed by atoms with van der Waals surface area (Å²) in [4.78, 5) is 4.14. The van der Waals surface area contributed by atoms with Gasteiger partial charge in [-0.25, -0.2) is 0 Å². The number of nitriles is 1. The van der Waals surface area contributed by atoms with E-state index < -0.39 is 0 Å². The van der Waals surface area contributed by atoms with Crippen LogP contribution in [0.2, 0.25) is 0 Å². The molecule has 0 amide bonds. The van der Waals surface area contributed by atoms with Gasteiger partial charge in [-0.3, -0.25) is 4.98 Å². The summed E-state index contributed by atoms with van der Waals surface area (Å²) in [5.41, 5.74) is 1.40. The van der Waals surface area contributed by atoms with Gasteiger partial charge in [0.25, 0.3) is 0 Å². The van der Waals surface area contributed by atoms with E-state index in [-0.39, 0.29) is 5.41 Å². The van der Waals surface area contributed by atoms with Crippen molar-refractivity contribution in [2.75, 3.05) is 0 Å². The molecule has 0 aromatic carbocycles. The third-order valence-electron chi connectivity index (χ3n) is 4.45. The molecular weight excluding hydrogens is 196 g/mol. The van der Waals surface area contributed by atoms with Crippen LogP contribution in [0.1, 0.15) is 44.1 Å². The van der Waals surface area contributed by atoms with Crippen LogP contribution in [0.5, 0.6) is 0 Å². The van der Waals surface area contributed by atoms with Crippen molar-refractivity contribution in [3.63, 3.8) is 0 Å². The molecule has 16 heavy (non-hydrogen) atoms. The van der Waals surface area contributed by atoms with Crippen LogP contribution in [0.25, 0.3) is 0 Å². The van der Waals surface area contributed by atoms with Gasteiger partial charge in [-0.1, -0.05) is 18.9 Å². The highest BCUT2D eigenvalue weighted by molar-refractivity contribution is 5.36. The van der Waals surface area contributed by atoms with Gasteiger partial charge in [0.1, 0.15) is 0 Å². The van der Waals surface area contributed by atoms with Gasteiger partial charge >= 0.3 is 0 Å². The Balaban J connectivity index is 1.87. The zero-order valence-corrected chi connectivity index (χ0v) is 9.45. The molecule has 1 aromatic heterocycles. The van der Waals surface area contributed by atoms with E-state index >= 15 is 0 Å². The molecule has 2 aliphatic rings. The number of rotatable bonds is 1. The summed E-state index contributed by atoms with van der Waals surface area (Å²) in [6.45, 7) is 0. The van der Waals surface area contributed by atoms with Crippen molar-refractivity contribution in [2.45, 2.75) is 43.9 Å². The number of hydrogen-bond acceptors (Lipinski definition) is 2. The maximum Gasteiger partial charge on any atom is 0.0847 e. The lowest BCUT2D eigenvalue weighted by Crippen LogP contribution is -2.47. The maximum absolute atomic E-state index is 9.46. The van der Waals surface area contributed by atoms with E-state index in [1.165, 1.54) is 25.7 Å². The average molecular weight is 212 g/mol. The Morgan fingerprint density at radius 1 is 1.25 bits per heavy atom. The van der Waals surface area contributed by atoms with Crippen LogP contribution in [-0.2, 0) is 5.41 Å². The first-order chi connectivity index (χ1) is 7.79.